The zero-order valence-corrected chi connectivity index (χ0v) is 14.9. The van der Waals surface area contributed by atoms with E-state index in [2.05, 4.69) is 10.3 Å². The summed E-state index contributed by atoms with van der Waals surface area (Å²) in [5.41, 5.74) is 1.86. The molecule has 26 heavy (non-hydrogen) atoms. The van der Waals surface area contributed by atoms with E-state index in [1.165, 1.54) is 22.7 Å². The normalized spacial score (nSPS) is 10.8. The average molecular weight is 357 g/mol. The molecule has 0 aliphatic rings. The van der Waals surface area contributed by atoms with E-state index in [4.69, 9.17) is 9.47 Å². The smallest absolute Gasteiger partial charge is 0.274 e. The maximum Gasteiger partial charge on any atom is 0.274 e. The largest absolute Gasteiger partial charge is 0.490 e. The summed E-state index contributed by atoms with van der Waals surface area (Å²) in [5, 5.41) is 2.81. The first kappa shape index (κ1) is 17.7. The van der Waals surface area contributed by atoms with Gasteiger partial charge in [-0.3, -0.25) is 9.20 Å². The van der Waals surface area contributed by atoms with Crippen molar-refractivity contribution in [3.05, 3.63) is 53.7 Å². The molecule has 0 aliphatic heterocycles. The summed E-state index contributed by atoms with van der Waals surface area (Å²) in [5.74, 6) is 0.337. The number of hydrogen-bond donors (Lipinski definition) is 1. The summed E-state index contributed by atoms with van der Waals surface area (Å²) in [4.78, 5) is 17.0. The van der Waals surface area contributed by atoms with E-state index in [1.54, 1.807) is 25.1 Å². The highest BCUT2D eigenvalue weighted by atomic mass is 19.1. The topological polar surface area (TPSA) is 64.9 Å². The zero-order chi connectivity index (χ0) is 18.7. The van der Waals surface area contributed by atoms with Crippen molar-refractivity contribution in [1.29, 1.82) is 0 Å². The van der Waals surface area contributed by atoms with Crippen LogP contribution in [0, 0.1) is 12.7 Å². The lowest BCUT2D eigenvalue weighted by Crippen LogP contribution is -2.16. The molecule has 0 atom stereocenters. The van der Waals surface area contributed by atoms with Crippen LogP contribution in [0.3, 0.4) is 0 Å². The molecule has 0 spiro atoms. The molecule has 0 saturated heterocycles. The Hall–Kier alpha value is -3.09. The highest BCUT2D eigenvalue weighted by Crippen LogP contribution is 2.31. The molecule has 1 amide bonds. The number of nitrogens with zero attached hydrogens (tertiary/aromatic N) is 2. The molecule has 2 aromatic heterocycles. The predicted octanol–water partition coefficient (Wildman–Crippen LogP) is 3.83. The van der Waals surface area contributed by atoms with Crippen molar-refractivity contribution >= 4 is 17.2 Å². The molecular weight excluding hydrogens is 337 g/mol. The highest BCUT2D eigenvalue weighted by Gasteiger charge is 2.18. The summed E-state index contributed by atoms with van der Waals surface area (Å²) < 4.78 is 26.1. The SMILES string of the molecule is CCOc1ccc(NC(=O)c2c(C)nc3ccc(F)cn23)cc1OCC. The van der Waals surface area contributed by atoms with Gasteiger partial charge < -0.3 is 14.8 Å². The number of pyridine rings is 1. The van der Waals surface area contributed by atoms with Gasteiger partial charge in [0.2, 0.25) is 0 Å². The van der Waals surface area contributed by atoms with Gasteiger partial charge in [-0.25, -0.2) is 9.37 Å². The van der Waals surface area contributed by atoms with Crippen LogP contribution in [0.4, 0.5) is 10.1 Å². The van der Waals surface area contributed by atoms with Gasteiger partial charge in [0, 0.05) is 18.0 Å². The molecule has 0 bridgehead atoms. The Labute approximate surface area is 150 Å². The second kappa shape index (κ2) is 7.43. The number of carbonyl (C=O) groups is 1. The number of aromatic nitrogens is 2. The third-order valence-corrected chi connectivity index (χ3v) is 3.77. The molecule has 0 fully saturated rings. The summed E-state index contributed by atoms with van der Waals surface area (Å²) in [7, 11) is 0. The highest BCUT2D eigenvalue weighted by molar-refractivity contribution is 6.04. The lowest BCUT2D eigenvalue weighted by atomic mass is 10.2. The molecule has 3 aromatic rings. The molecule has 6 nitrogen and oxygen atoms in total. The molecule has 3 rings (SSSR count). The number of halogens is 1. The molecule has 2 heterocycles. The van der Waals surface area contributed by atoms with Gasteiger partial charge in [-0.1, -0.05) is 0 Å². The van der Waals surface area contributed by atoms with Crippen LogP contribution >= 0.6 is 0 Å². The lowest BCUT2D eigenvalue weighted by molar-refractivity contribution is 0.102. The Balaban J connectivity index is 1.92. The number of anilines is 1. The van der Waals surface area contributed by atoms with Crippen molar-refractivity contribution in [2.45, 2.75) is 20.8 Å². The van der Waals surface area contributed by atoms with Gasteiger partial charge >= 0.3 is 0 Å². The fraction of sp³-hybridized carbons (Fsp3) is 0.263. The van der Waals surface area contributed by atoms with Crippen molar-refractivity contribution in [2.24, 2.45) is 0 Å². The van der Waals surface area contributed by atoms with Gasteiger partial charge in [0.1, 0.15) is 17.2 Å². The van der Waals surface area contributed by atoms with Crippen molar-refractivity contribution in [2.75, 3.05) is 18.5 Å². The van der Waals surface area contributed by atoms with Crippen molar-refractivity contribution in [3.63, 3.8) is 0 Å². The number of fused-ring (bicyclic) bond motifs is 1. The molecule has 0 saturated carbocycles. The van der Waals surface area contributed by atoms with Gasteiger partial charge in [-0.2, -0.15) is 0 Å². The maximum absolute atomic E-state index is 13.6. The minimum atomic E-state index is -0.441. The predicted molar refractivity (Wildman–Crippen MR) is 96.6 cm³/mol. The van der Waals surface area contributed by atoms with Crippen LogP contribution in [0.1, 0.15) is 30.0 Å². The Bertz CT molecular complexity index is 953. The molecule has 7 heteroatoms. The Morgan fingerprint density at radius 3 is 2.62 bits per heavy atom. The Kier molecular flexibility index (Phi) is 5.06. The van der Waals surface area contributed by atoms with Gasteiger partial charge in [-0.05, 0) is 45.0 Å². The molecule has 0 aliphatic carbocycles. The van der Waals surface area contributed by atoms with Gasteiger partial charge in [0.15, 0.2) is 11.5 Å². The van der Waals surface area contributed by atoms with Crippen molar-refractivity contribution in [1.82, 2.24) is 9.38 Å². The quantitative estimate of drug-likeness (QED) is 0.728. The van der Waals surface area contributed by atoms with Crippen LogP contribution in [0.15, 0.2) is 36.5 Å². The van der Waals surface area contributed by atoms with E-state index < -0.39 is 5.82 Å². The monoisotopic (exact) mass is 357 g/mol. The van der Waals surface area contributed by atoms with E-state index in [0.29, 0.717) is 41.7 Å². The average Bonchev–Trinajstić information content (AvgIpc) is 2.92. The number of benzene rings is 1. The Morgan fingerprint density at radius 2 is 1.88 bits per heavy atom. The van der Waals surface area contributed by atoms with Gasteiger partial charge in [0.25, 0.3) is 5.91 Å². The van der Waals surface area contributed by atoms with E-state index >= 15 is 0 Å². The van der Waals surface area contributed by atoms with Crippen LogP contribution in [0.25, 0.3) is 5.65 Å². The maximum atomic E-state index is 13.6. The summed E-state index contributed by atoms with van der Waals surface area (Å²) in [6.45, 7) is 6.46. The van der Waals surface area contributed by atoms with Crippen molar-refractivity contribution in [3.8, 4) is 11.5 Å². The van der Waals surface area contributed by atoms with Gasteiger partial charge in [-0.15, -0.1) is 0 Å². The van der Waals surface area contributed by atoms with E-state index in [0.717, 1.165) is 0 Å². The summed E-state index contributed by atoms with van der Waals surface area (Å²) in [6, 6.07) is 8.01. The molecule has 1 aromatic carbocycles. The fourth-order valence-corrected chi connectivity index (χ4v) is 2.73. The molecule has 136 valence electrons. The molecule has 0 radical (unpaired) electrons. The zero-order valence-electron chi connectivity index (χ0n) is 14.9. The number of ether oxygens (including phenoxy) is 2. The number of nitrogens with one attached hydrogen (secondary N) is 1. The number of hydrogen-bond acceptors (Lipinski definition) is 4. The van der Waals surface area contributed by atoms with Gasteiger partial charge in [0.05, 0.1) is 18.9 Å². The fourth-order valence-electron chi connectivity index (χ4n) is 2.73. The van der Waals surface area contributed by atoms with Crippen LogP contribution in [-0.2, 0) is 0 Å². The third-order valence-electron chi connectivity index (χ3n) is 3.77. The Morgan fingerprint density at radius 1 is 1.15 bits per heavy atom. The number of imidazole rings is 1. The molecule has 0 unspecified atom stereocenters. The second-order valence-corrected chi connectivity index (χ2v) is 5.60. The van der Waals surface area contributed by atoms with E-state index in [9.17, 15) is 9.18 Å². The standard InChI is InChI=1S/C19H20FN3O3/c1-4-25-15-8-7-14(10-16(15)26-5-2)22-19(24)18-12(3)21-17-9-6-13(20)11-23(17)18/h6-11H,4-5H2,1-3H3,(H,22,24). The summed E-state index contributed by atoms with van der Waals surface area (Å²) >= 11 is 0. The summed E-state index contributed by atoms with van der Waals surface area (Å²) in [6.07, 6.45) is 1.24. The first-order valence-electron chi connectivity index (χ1n) is 8.38. The number of rotatable bonds is 6. The van der Waals surface area contributed by atoms with Crippen LogP contribution < -0.4 is 14.8 Å². The lowest BCUT2D eigenvalue weighted by Gasteiger charge is -2.13. The number of amides is 1. The van der Waals surface area contributed by atoms with Crippen molar-refractivity contribution < 1.29 is 18.7 Å². The first-order valence-corrected chi connectivity index (χ1v) is 8.38. The number of aryl methyl sites for hydroxylation is 1. The molecule has 1 N–H and O–H groups in total. The van der Waals surface area contributed by atoms with E-state index in [-0.39, 0.29) is 11.6 Å². The minimum absolute atomic E-state index is 0.284. The second-order valence-electron chi connectivity index (χ2n) is 5.60. The van der Waals surface area contributed by atoms with Crippen LogP contribution in [-0.4, -0.2) is 28.5 Å². The minimum Gasteiger partial charge on any atom is -0.490 e. The van der Waals surface area contributed by atoms with Crippen LogP contribution in [0.5, 0.6) is 11.5 Å². The van der Waals surface area contributed by atoms with Crippen LogP contribution in [0.2, 0.25) is 0 Å². The third kappa shape index (κ3) is 3.46. The molecular formula is C19H20FN3O3. The van der Waals surface area contributed by atoms with E-state index in [1.807, 2.05) is 13.8 Å². The number of carbonyl (C=O) groups excluding carboxylic acids is 1. The first-order chi connectivity index (χ1) is 12.5.